The van der Waals surface area contributed by atoms with E-state index in [1.165, 1.54) is 0 Å². The lowest BCUT2D eigenvalue weighted by molar-refractivity contribution is -0.144. The van der Waals surface area contributed by atoms with E-state index in [0.717, 1.165) is 6.54 Å². The van der Waals surface area contributed by atoms with Crippen molar-refractivity contribution in [2.24, 2.45) is 5.73 Å². The molecular formula is C13H24BN2O5-. The zero-order valence-corrected chi connectivity index (χ0v) is 12.1. The zero-order valence-electron chi connectivity index (χ0n) is 12.1. The first kappa shape index (κ1) is 17.7. The molecule has 0 spiro atoms. The maximum Gasteiger partial charge on any atom is 0.371 e. The zero-order chi connectivity index (χ0) is 15.9. The molecule has 0 bridgehead atoms. The number of hydrogen-bond acceptors (Lipinski definition) is 6. The minimum absolute atomic E-state index is 0.171. The molecule has 0 amide bonds. The molecule has 1 rings (SSSR count). The Hall–Kier alpha value is -1.35. The second-order valence-electron chi connectivity index (χ2n) is 5.62. The van der Waals surface area contributed by atoms with Crippen LogP contribution in [0, 0.1) is 0 Å². The van der Waals surface area contributed by atoms with E-state index >= 15 is 0 Å². The van der Waals surface area contributed by atoms with Gasteiger partial charge in [0.1, 0.15) is 5.54 Å². The number of carboxylic acid groups (broad SMARTS) is 1. The predicted molar refractivity (Wildman–Crippen MR) is 80.1 cm³/mol. The third-order valence-corrected chi connectivity index (χ3v) is 3.62. The summed E-state index contributed by atoms with van der Waals surface area (Å²) in [6.45, 7) is -2.03. The molecule has 1 atom stereocenters. The molecule has 0 aliphatic carbocycles. The number of nitrogens with two attached hydrogens (primary N) is 1. The number of carbonyl (C=O) groups is 1. The van der Waals surface area contributed by atoms with Crippen LogP contribution in [0.15, 0.2) is 24.4 Å². The Morgan fingerprint density at radius 3 is 2.48 bits per heavy atom. The Bertz CT molecular complexity index is 408. The third-order valence-electron chi connectivity index (χ3n) is 3.62. The molecule has 0 saturated carbocycles. The molecule has 21 heavy (non-hydrogen) atoms. The van der Waals surface area contributed by atoms with E-state index in [9.17, 15) is 9.90 Å². The highest BCUT2D eigenvalue weighted by atomic mass is 16.5. The molecule has 0 unspecified atom stereocenters. The van der Waals surface area contributed by atoms with Crippen molar-refractivity contribution in [1.29, 1.82) is 0 Å². The average molecular weight is 299 g/mol. The van der Waals surface area contributed by atoms with Crippen molar-refractivity contribution in [3.05, 3.63) is 24.4 Å². The molecule has 8 heteroatoms. The highest BCUT2D eigenvalue weighted by Gasteiger charge is 2.33. The van der Waals surface area contributed by atoms with Crippen LogP contribution >= 0.6 is 0 Å². The van der Waals surface area contributed by atoms with Crippen LogP contribution < -0.4 is 5.73 Å². The monoisotopic (exact) mass is 299 g/mol. The smallest absolute Gasteiger partial charge is 0.371 e. The number of carboxylic acids is 1. The molecule has 1 aliphatic rings. The number of allylic oxidation sites excluding steroid dienone is 2. The molecule has 7 nitrogen and oxygen atoms in total. The predicted octanol–water partition coefficient (Wildman–Crippen LogP) is -0.370. The van der Waals surface area contributed by atoms with E-state index in [4.69, 9.17) is 20.8 Å². The maximum absolute atomic E-state index is 11.4. The summed E-state index contributed by atoms with van der Waals surface area (Å²) in [7, 11) is 0. The lowest BCUT2D eigenvalue weighted by atomic mass is 9.73. The normalized spacial score (nSPS) is 17.8. The lowest BCUT2D eigenvalue weighted by Crippen LogP contribution is -2.50. The quantitative estimate of drug-likeness (QED) is 0.290. The molecule has 0 fully saturated rings. The van der Waals surface area contributed by atoms with E-state index in [-0.39, 0.29) is 12.7 Å². The average Bonchev–Trinajstić information content (AvgIpc) is 2.41. The topological polar surface area (TPSA) is 127 Å². The Labute approximate surface area is 124 Å². The third kappa shape index (κ3) is 6.77. The van der Waals surface area contributed by atoms with E-state index in [1.54, 1.807) is 0 Å². The minimum Gasteiger partial charge on any atom is -0.560 e. The fourth-order valence-electron chi connectivity index (χ4n) is 2.21. The van der Waals surface area contributed by atoms with Gasteiger partial charge in [-0.2, -0.15) is 0 Å². The van der Waals surface area contributed by atoms with Crippen LogP contribution in [0.3, 0.4) is 0 Å². The summed E-state index contributed by atoms with van der Waals surface area (Å²) in [4.78, 5) is 13.3. The van der Waals surface area contributed by atoms with Gasteiger partial charge in [-0.25, -0.2) is 0 Å². The Kier molecular flexibility index (Phi) is 6.41. The summed E-state index contributed by atoms with van der Waals surface area (Å²) in [6, 6.07) is 0. The first-order chi connectivity index (χ1) is 9.73. The highest BCUT2D eigenvalue weighted by Crippen LogP contribution is 2.19. The van der Waals surface area contributed by atoms with Gasteiger partial charge < -0.3 is 30.8 Å². The van der Waals surface area contributed by atoms with Crippen LogP contribution in [0.25, 0.3) is 0 Å². The molecule has 0 radical (unpaired) electrons. The van der Waals surface area contributed by atoms with E-state index in [0.29, 0.717) is 25.8 Å². The van der Waals surface area contributed by atoms with Crippen LogP contribution in [-0.4, -0.2) is 56.4 Å². The van der Waals surface area contributed by atoms with Crippen LogP contribution in [0.5, 0.6) is 0 Å². The number of unbranched alkanes of at least 4 members (excludes halogenated alkanes) is 1. The summed E-state index contributed by atoms with van der Waals surface area (Å²) in [5.74, 6) is -1.06. The molecule has 120 valence electrons. The van der Waals surface area contributed by atoms with Crippen molar-refractivity contribution in [2.75, 3.05) is 13.1 Å². The number of rotatable bonds is 9. The largest absolute Gasteiger partial charge is 0.560 e. The number of hydrogen-bond donors (Lipinski definition) is 5. The Balaban J connectivity index is 2.40. The van der Waals surface area contributed by atoms with Gasteiger partial charge in [-0.3, -0.25) is 4.79 Å². The fourth-order valence-corrected chi connectivity index (χ4v) is 2.21. The van der Waals surface area contributed by atoms with Gasteiger partial charge in [-0.05, 0) is 25.1 Å². The van der Waals surface area contributed by atoms with Gasteiger partial charge in [0, 0.05) is 13.1 Å². The van der Waals surface area contributed by atoms with E-state index in [2.05, 4.69) is 0 Å². The summed E-state index contributed by atoms with van der Waals surface area (Å²) in [5, 5.41) is 35.8. The van der Waals surface area contributed by atoms with Crippen molar-refractivity contribution in [1.82, 2.24) is 4.90 Å². The van der Waals surface area contributed by atoms with Crippen molar-refractivity contribution >= 4 is 12.7 Å². The van der Waals surface area contributed by atoms with Crippen molar-refractivity contribution in [3.63, 3.8) is 0 Å². The fraction of sp³-hybridized carbons (Fsp3) is 0.615. The molecule has 1 aliphatic heterocycles. The molecule has 0 aromatic carbocycles. The SMILES string of the molecule is N[C@](CCCC[B-](O)(O)O)(CCN1C=CC=CC1)C(=O)O. The molecule has 0 saturated heterocycles. The Morgan fingerprint density at radius 2 is 1.95 bits per heavy atom. The summed E-state index contributed by atoms with van der Waals surface area (Å²) in [5.41, 5.74) is 4.61. The second-order valence-corrected chi connectivity index (χ2v) is 5.62. The van der Waals surface area contributed by atoms with Gasteiger partial charge in [-0.1, -0.05) is 31.3 Å². The molecule has 6 N–H and O–H groups in total. The summed E-state index contributed by atoms with van der Waals surface area (Å²) in [6.07, 6.45) is 8.74. The van der Waals surface area contributed by atoms with Gasteiger partial charge in [0.15, 0.2) is 0 Å². The van der Waals surface area contributed by atoms with Crippen LogP contribution in [0.1, 0.15) is 25.7 Å². The van der Waals surface area contributed by atoms with Gasteiger partial charge in [-0.15, -0.1) is 0 Å². The van der Waals surface area contributed by atoms with Crippen LogP contribution in [0.2, 0.25) is 6.32 Å². The van der Waals surface area contributed by atoms with Crippen LogP contribution in [-0.2, 0) is 4.79 Å². The van der Waals surface area contributed by atoms with Crippen molar-refractivity contribution in [3.8, 4) is 0 Å². The highest BCUT2D eigenvalue weighted by molar-refractivity contribution is 6.56. The van der Waals surface area contributed by atoms with Crippen molar-refractivity contribution in [2.45, 2.75) is 37.5 Å². The van der Waals surface area contributed by atoms with E-state index in [1.807, 2.05) is 29.3 Å². The molecular weight excluding hydrogens is 275 g/mol. The lowest BCUT2D eigenvalue weighted by Gasteiger charge is -2.29. The van der Waals surface area contributed by atoms with Gasteiger partial charge in [0.05, 0.1) is 0 Å². The maximum atomic E-state index is 11.4. The first-order valence-corrected chi connectivity index (χ1v) is 7.16. The Morgan fingerprint density at radius 1 is 1.24 bits per heavy atom. The summed E-state index contributed by atoms with van der Waals surface area (Å²) >= 11 is 0. The van der Waals surface area contributed by atoms with Gasteiger partial charge >= 0.3 is 12.7 Å². The summed E-state index contributed by atoms with van der Waals surface area (Å²) < 4.78 is 0. The number of aliphatic carboxylic acids is 1. The van der Waals surface area contributed by atoms with Crippen molar-refractivity contribution < 1.29 is 25.0 Å². The van der Waals surface area contributed by atoms with Gasteiger partial charge in [0.2, 0.25) is 0 Å². The number of nitrogens with zero attached hydrogens (tertiary/aromatic N) is 1. The van der Waals surface area contributed by atoms with Gasteiger partial charge in [0.25, 0.3) is 0 Å². The minimum atomic E-state index is -3.30. The van der Waals surface area contributed by atoms with E-state index < -0.39 is 18.3 Å². The second kappa shape index (κ2) is 7.60. The molecule has 1 heterocycles. The first-order valence-electron chi connectivity index (χ1n) is 7.16. The standard InChI is InChI=1S/C13H24BN2O5/c15-13(12(17)18,6-2-3-8-14(19,20)21)7-11-16-9-4-1-5-10-16/h1,4-5,9,19-21H,2-3,6-8,10-11,15H2,(H,17,18)/q-1/t13-/m1/s1. The van der Waals surface area contributed by atoms with Crippen LogP contribution in [0.4, 0.5) is 0 Å². The molecule has 0 aromatic rings. The molecule has 0 aromatic heterocycles.